The van der Waals surface area contributed by atoms with Gasteiger partial charge in [-0.05, 0) is 69.7 Å². The number of piperidine rings is 1. The SMILES string of the molecule is CCCCCCCCC(CCCCCC)COC(=O)CCCC(=O)OCCC1CCN(CCSSC)CC1. The maximum atomic E-state index is 12.3. The Kier molecular flexibility index (Phi) is 24.0. The molecule has 1 unspecified atom stereocenters. The highest BCUT2D eigenvalue weighted by molar-refractivity contribution is 8.76. The molecule has 0 aromatic heterocycles. The van der Waals surface area contributed by atoms with Crippen molar-refractivity contribution >= 4 is 33.5 Å². The lowest BCUT2D eigenvalue weighted by Crippen LogP contribution is -2.35. The Bertz CT molecular complexity index is 570. The molecule has 38 heavy (non-hydrogen) atoms. The minimum absolute atomic E-state index is 0.165. The molecular weight excluding hydrogens is 514 g/mol. The van der Waals surface area contributed by atoms with Gasteiger partial charge in [0.2, 0.25) is 0 Å². The second-order valence-electron chi connectivity index (χ2n) is 11.1. The number of rotatable bonds is 25. The molecule has 0 saturated carbocycles. The Morgan fingerprint density at radius 1 is 0.816 bits per heavy atom. The lowest BCUT2D eigenvalue weighted by atomic mass is 9.94. The van der Waals surface area contributed by atoms with Gasteiger partial charge in [-0.15, -0.1) is 0 Å². The van der Waals surface area contributed by atoms with Gasteiger partial charge in [0, 0.05) is 25.1 Å². The van der Waals surface area contributed by atoms with E-state index in [4.69, 9.17) is 9.47 Å². The van der Waals surface area contributed by atoms with Gasteiger partial charge < -0.3 is 14.4 Å². The molecule has 0 aromatic rings. The monoisotopic (exact) mass is 573 g/mol. The van der Waals surface area contributed by atoms with E-state index in [2.05, 4.69) is 25.0 Å². The molecule has 1 saturated heterocycles. The van der Waals surface area contributed by atoms with Crippen LogP contribution in [0.1, 0.15) is 129 Å². The molecule has 5 nitrogen and oxygen atoms in total. The molecule has 1 rings (SSSR count). The van der Waals surface area contributed by atoms with Crippen molar-refractivity contribution in [3.8, 4) is 0 Å². The van der Waals surface area contributed by atoms with Crippen molar-refractivity contribution in [3.63, 3.8) is 0 Å². The van der Waals surface area contributed by atoms with Crippen LogP contribution in [0.5, 0.6) is 0 Å². The van der Waals surface area contributed by atoms with Crippen LogP contribution in [-0.4, -0.2) is 61.7 Å². The summed E-state index contributed by atoms with van der Waals surface area (Å²) >= 11 is 0. The van der Waals surface area contributed by atoms with Gasteiger partial charge in [-0.3, -0.25) is 9.59 Å². The van der Waals surface area contributed by atoms with Crippen LogP contribution in [0.2, 0.25) is 0 Å². The molecule has 1 aliphatic heterocycles. The molecule has 1 aliphatic rings. The summed E-state index contributed by atoms with van der Waals surface area (Å²) in [6, 6.07) is 0. The molecule has 0 aliphatic carbocycles. The van der Waals surface area contributed by atoms with E-state index in [1.807, 2.05) is 21.6 Å². The van der Waals surface area contributed by atoms with E-state index in [1.54, 1.807) is 0 Å². The van der Waals surface area contributed by atoms with Crippen molar-refractivity contribution in [1.29, 1.82) is 0 Å². The molecule has 224 valence electrons. The predicted octanol–water partition coefficient (Wildman–Crippen LogP) is 8.69. The molecule has 0 radical (unpaired) electrons. The van der Waals surface area contributed by atoms with Gasteiger partial charge in [0.15, 0.2) is 0 Å². The highest BCUT2D eigenvalue weighted by Crippen LogP contribution is 2.23. The Hall–Kier alpha value is -0.400. The molecule has 1 fully saturated rings. The van der Waals surface area contributed by atoms with Crippen LogP contribution in [0, 0.1) is 11.8 Å². The quantitative estimate of drug-likeness (QED) is 0.0615. The van der Waals surface area contributed by atoms with E-state index < -0.39 is 0 Å². The Morgan fingerprint density at radius 2 is 1.39 bits per heavy atom. The van der Waals surface area contributed by atoms with Crippen molar-refractivity contribution in [2.24, 2.45) is 11.8 Å². The lowest BCUT2D eigenvalue weighted by Gasteiger charge is -2.31. The molecule has 1 heterocycles. The third-order valence-electron chi connectivity index (χ3n) is 7.78. The Morgan fingerprint density at radius 3 is 2.03 bits per heavy atom. The van der Waals surface area contributed by atoms with Gasteiger partial charge in [-0.1, -0.05) is 99.6 Å². The lowest BCUT2D eigenvalue weighted by molar-refractivity contribution is -0.146. The maximum Gasteiger partial charge on any atom is 0.305 e. The topological polar surface area (TPSA) is 55.8 Å². The number of unbranched alkanes of at least 4 members (excludes halogenated alkanes) is 8. The molecule has 0 spiro atoms. The molecular formula is C31H59NO4S2. The van der Waals surface area contributed by atoms with Crippen molar-refractivity contribution in [3.05, 3.63) is 0 Å². The van der Waals surface area contributed by atoms with E-state index in [0.717, 1.165) is 32.4 Å². The van der Waals surface area contributed by atoms with Crippen molar-refractivity contribution in [2.45, 2.75) is 129 Å². The normalized spacial score (nSPS) is 15.4. The van der Waals surface area contributed by atoms with E-state index >= 15 is 0 Å². The van der Waals surface area contributed by atoms with Gasteiger partial charge in [0.1, 0.15) is 0 Å². The van der Waals surface area contributed by atoms with E-state index in [9.17, 15) is 9.59 Å². The van der Waals surface area contributed by atoms with Crippen LogP contribution in [0.4, 0.5) is 0 Å². The van der Waals surface area contributed by atoms with Gasteiger partial charge >= 0.3 is 11.9 Å². The number of carbonyl (C=O) groups is 2. The summed E-state index contributed by atoms with van der Waals surface area (Å²) in [5.41, 5.74) is 0. The van der Waals surface area contributed by atoms with E-state index in [-0.39, 0.29) is 11.9 Å². The number of hydrogen-bond acceptors (Lipinski definition) is 7. The summed E-state index contributed by atoms with van der Waals surface area (Å²) < 4.78 is 11.1. The zero-order chi connectivity index (χ0) is 27.7. The summed E-state index contributed by atoms with van der Waals surface area (Å²) in [5.74, 6) is 1.99. The second-order valence-corrected chi connectivity index (χ2v) is 13.8. The van der Waals surface area contributed by atoms with Crippen molar-refractivity contribution in [2.75, 3.05) is 44.9 Å². The first-order valence-corrected chi connectivity index (χ1v) is 18.5. The van der Waals surface area contributed by atoms with E-state index in [1.165, 1.54) is 89.3 Å². The fourth-order valence-corrected chi connectivity index (χ4v) is 6.43. The first kappa shape index (κ1) is 35.6. The maximum absolute atomic E-state index is 12.3. The number of carbonyl (C=O) groups excluding carboxylic acids is 2. The molecule has 0 N–H and O–H groups in total. The molecule has 7 heteroatoms. The van der Waals surface area contributed by atoms with Gasteiger partial charge in [-0.25, -0.2) is 0 Å². The largest absolute Gasteiger partial charge is 0.466 e. The predicted molar refractivity (Wildman–Crippen MR) is 166 cm³/mol. The third kappa shape index (κ3) is 20.5. The molecule has 0 bridgehead atoms. The Labute approximate surface area is 243 Å². The van der Waals surface area contributed by atoms with Gasteiger partial charge in [-0.2, -0.15) is 0 Å². The highest BCUT2D eigenvalue weighted by Gasteiger charge is 2.19. The van der Waals surface area contributed by atoms with Crippen molar-refractivity contribution < 1.29 is 19.1 Å². The van der Waals surface area contributed by atoms with E-state index in [0.29, 0.717) is 44.3 Å². The third-order valence-corrected chi connectivity index (χ3v) is 9.57. The molecule has 1 atom stereocenters. The summed E-state index contributed by atoms with van der Waals surface area (Å²) in [5, 5.41) is 0. The minimum atomic E-state index is -0.179. The zero-order valence-corrected chi connectivity index (χ0v) is 26.7. The van der Waals surface area contributed by atoms with Crippen LogP contribution in [0.25, 0.3) is 0 Å². The number of likely N-dealkylation sites (tertiary alicyclic amines) is 1. The van der Waals surface area contributed by atoms with Crippen molar-refractivity contribution in [1.82, 2.24) is 4.90 Å². The molecule has 0 amide bonds. The van der Waals surface area contributed by atoms with Gasteiger partial charge in [0.05, 0.1) is 13.2 Å². The summed E-state index contributed by atoms with van der Waals surface area (Å²) in [6.07, 6.45) is 21.8. The first-order valence-electron chi connectivity index (χ1n) is 15.8. The summed E-state index contributed by atoms with van der Waals surface area (Å²) in [7, 11) is 3.77. The first-order chi connectivity index (χ1) is 18.6. The number of nitrogens with zero attached hydrogens (tertiary/aromatic N) is 1. The van der Waals surface area contributed by atoms with Crippen LogP contribution in [0.15, 0.2) is 0 Å². The second kappa shape index (κ2) is 25.6. The number of ether oxygens (including phenoxy) is 2. The number of esters is 2. The average Bonchev–Trinajstić information content (AvgIpc) is 2.92. The van der Waals surface area contributed by atoms with Crippen LogP contribution < -0.4 is 0 Å². The smallest absolute Gasteiger partial charge is 0.305 e. The van der Waals surface area contributed by atoms with Crippen LogP contribution >= 0.6 is 21.6 Å². The fourth-order valence-electron chi connectivity index (χ4n) is 5.20. The minimum Gasteiger partial charge on any atom is -0.466 e. The summed E-state index contributed by atoms with van der Waals surface area (Å²) in [4.78, 5) is 27.0. The summed E-state index contributed by atoms with van der Waals surface area (Å²) in [6.45, 7) is 9.04. The standard InChI is InChI=1S/C31H59NO4S2/c1-4-6-8-10-11-13-16-29(15-12-9-7-5-2)27-36-31(34)18-14-17-30(33)35-25-21-28-19-22-32(23-20-28)24-26-38-37-3/h28-29H,4-27H2,1-3H3. The average molecular weight is 574 g/mol. The fraction of sp³-hybridized carbons (Fsp3) is 0.935. The van der Waals surface area contributed by atoms with Crippen LogP contribution in [0.3, 0.4) is 0 Å². The Balaban J connectivity index is 2.12. The highest BCUT2D eigenvalue weighted by atomic mass is 33.1. The molecule has 0 aromatic carbocycles. The zero-order valence-electron chi connectivity index (χ0n) is 25.0. The number of hydrogen-bond donors (Lipinski definition) is 0. The van der Waals surface area contributed by atoms with Crippen LogP contribution in [-0.2, 0) is 19.1 Å². The van der Waals surface area contributed by atoms with Gasteiger partial charge in [0.25, 0.3) is 0 Å².